The Bertz CT molecular complexity index is 1760. The lowest BCUT2D eigenvalue weighted by molar-refractivity contribution is -0.128. The Morgan fingerprint density at radius 3 is 2.40 bits per heavy atom. The van der Waals surface area contributed by atoms with E-state index < -0.39 is 34.5 Å². The summed E-state index contributed by atoms with van der Waals surface area (Å²) >= 11 is 0. The molecule has 0 fully saturated rings. The van der Waals surface area contributed by atoms with E-state index in [0.29, 0.717) is 29.4 Å². The highest BCUT2D eigenvalue weighted by molar-refractivity contribution is 7.93. The van der Waals surface area contributed by atoms with Crippen LogP contribution >= 0.6 is 0 Å². The SMILES string of the molecule is CCOc1ccc(N(CC(=O)N2C[C@@H](C(=O)NCc3ccccc3)Oc3ccccc32)S(=O)(=O)c2cc(C)ccc2OC)cc1. The van der Waals surface area contributed by atoms with Crippen molar-refractivity contribution in [1.82, 2.24) is 5.32 Å². The molecule has 1 aliphatic rings. The van der Waals surface area contributed by atoms with Crippen molar-refractivity contribution >= 4 is 33.2 Å². The van der Waals surface area contributed by atoms with E-state index >= 15 is 0 Å². The van der Waals surface area contributed by atoms with Gasteiger partial charge in [-0.1, -0.05) is 48.5 Å². The molecule has 1 atom stereocenters. The summed E-state index contributed by atoms with van der Waals surface area (Å²) in [7, 11) is -2.92. The van der Waals surface area contributed by atoms with Crippen LogP contribution in [0.1, 0.15) is 18.1 Å². The zero-order chi connectivity index (χ0) is 32.0. The third-order valence-corrected chi connectivity index (χ3v) is 9.07. The molecule has 1 aliphatic heterocycles. The van der Waals surface area contributed by atoms with Crippen molar-refractivity contribution in [3.8, 4) is 17.2 Å². The lowest BCUT2D eigenvalue weighted by Crippen LogP contribution is -2.53. The van der Waals surface area contributed by atoms with Crippen molar-refractivity contribution < 1.29 is 32.2 Å². The van der Waals surface area contributed by atoms with E-state index in [-0.39, 0.29) is 29.4 Å². The number of methoxy groups -OCH3 is 1. The van der Waals surface area contributed by atoms with Crippen LogP contribution < -0.4 is 28.7 Å². The predicted molar refractivity (Wildman–Crippen MR) is 171 cm³/mol. The van der Waals surface area contributed by atoms with Crippen molar-refractivity contribution in [2.45, 2.75) is 31.4 Å². The molecule has 4 aromatic rings. The van der Waals surface area contributed by atoms with Gasteiger partial charge in [0.25, 0.3) is 15.9 Å². The number of anilines is 2. The molecule has 0 radical (unpaired) electrons. The van der Waals surface area contributed by atoms with E-state index in [4.69, 9.17) is 14.2 Å². The number of carbonyl (C=O) groups is 2. The number of nitrogens with zero attached hydrogens (tertiary/aromatic N) is 2. The number of benzene rings is 4. The maximum atomic E-state index is 14.3. The van der Waals surface area contributed by atoms with Gasteiger partial charge in [-0.25, -0.2) is 8.42 Å². The Hall–Kier alpha value is -5.03. The average molecular weight is 630 g/mol. The Kier molecular flexibility index (Phi) is 9.58. The number of sulfonamides is 1. The fourth-order valence-electron chi connectivity index (χ4n) is 5.01. The minimum absolute atomic E-state index is 0.0766. The molecule has 0 aliphatic carbocycles. The summed E-state index contributed by atoms with van der Waals surface area (Å²) in [5.41, 5.74) is 2.32. The van der Waals surface area contributed by atoms with Crippen LogP contribution in [0.4, 0.5) is 11.4 Å². The van der Waals surface area contributed by atoms with Gasteiger partial charge in [-0.15, -0.1) is 0 Å². The first-order chi connectivity index (χ1) is 21.7. The van der Waals surface area contributed by atoms with Crippen LogP contribution in [-0.4, -0.2) is 53.1 Å². The number of hydrogen-bond acceptors (Lipinski definition) is 7. The Morgan fingerprint density at radius 1 is 0.978 bits per heavy atom. The van der Waals surface area contributed by atoms with E-state index in [1.54, 1.807) is 67.6 Å². The van der Waals surface area contributed by atoms with Gasteiger partial charge in [-0.3, -0.25) is 13.9 Å². The average Bonchev–Trinajstić information content (AvgIpc) is 3.06. The molecular weight excluding hydrogens is 594 g/mol. The Morgan fingerprint density at radius 2 is 1.69 bits per heavy atom. The van der Waals surface area contributed by atoms with Crippen molar-refractivity contribution in [2.24, 2.45) is 0 Å². The number of fused-ring (bicyclic) bond motifs is 1. The van der Waals surface area contributed by atoms with Gasteiger partial charge in [-0.05, 0) is 73.5 Å². The molecule has 0 spiro atoms. The summed E-state index contributed by atoms with van der Waals surface area (Å²) in [6, 6.07) is 27.6. The highest BCUT2D eigenvalue weighted by Crippen LogP contribution is 2.35. The fourth-order valence-corrected chi connectivity index (χ4v) is 6.67. The first-order valence-electron chi connectivity index (χ1n) is 14.5. The first kappa shape index (κ1) is 31.4. The van der Waals surface area contributed by atoms with Gasteiger partial charge in [0.1, 0.15) is 28.7 Å². The van der Waals surface area contributed by atoms with Gasteiger partial charge in [0.2, 0.25) is 5.91 Å². The number of amides is 2. The Balaban J connectivity index is 1.47. The zero-order valence-electron chi connectivity index (χ0n) is 25.3. The number of ether oxygens (including phenoxy) is 3. The number of hydrogen-bond donors (Lipinski definition) is 1. The molecule has 1 N–H and O–H groups in total. The van der Waals surface area contributed by atoms with Crippen LogP contribution in [0.15, 0.2) is 102 Å². The predicted octanol–water partition coefficient (Wildman–Crippen LogP) is 4.71. The minimum atomic E-state index is -4.32. The smallest absolute Gasteiger partial charge is 0.268 e. The maximum Gasteiger partial charge on any atom is 0.268 e. The molecule has 0 bridgehead atoms. The molecule has 45 heavy (non-hydrogen) atoms. The van der Waals surface area contributed by atoms with Crippen LogP contribution in [-0.2, 0) is 26.2 Å². The molecule has 0 unspecified atom stereocenters. The molecule has 1 heterocycles. The third-order valence-electron chi connectivity index (χ3n) is 7.28. The van der Waals surface area contributed by atoms with Gasteiger partial charge < -0.3 is 24.4 Å². The van der Waals surface area contributed by atoms with E-state index in [1.807, 2.05) is 37.3 Å². The summed E-state index contributed by atoms with van der Waals surface area (Å²) in [5, 5.41) is 2.87. The molecule has 0 saturated carbocycles. The van der Waals surface area contributed by atoms with Crippen molar-refractivity contribution in [3.63, 3.8) is 0 Å². The molecular formula is C34H35N3O7S. The zero-order valence-corrected chi connectivity index (χ0v) is 26.1. The van der Waals surface area contributed by atoms with Crippen LogP contribution in [0, 0.1) is 6.92 Å². The number of nitrogens with one attached hydrogen (secondary N) is 1. The molecule has 11 heteroatoms. The highest BCUT2D eigenvalue weighted by atomic mass is 32.2. The second-order valence-corrected chi connectivity index (χ2v) is 12.2. The van der Waals surface area contributed by atoms with Crippen LogP contribution in [0.2, 0.25) is 0 Å². The second-order valence-electron chi connectivity index (χ2n) is 10.4. The van der Waals surface area contributed by atoms with Gasteiger partial charge >= 0.3 is 0 Å². The quantitative estimate of drug-likeness (QED) is 0.256. The second kappa shape index (κ2) is 13.7. The molecule has 10 nitrogen and oxygen atoms in total. The first-order valence-corrected chi connectivity index (χ1v) is 15.9. The van der Waals surface area contributed by atoms with E-state index in [1.165, 1.54) is 18.1 Å². The van der Waals surface area contributed by atoms with E-state index in [0.717, 1.165) is 9.87 Å². The number of aryl methyl sites for hydroxylation is 1. The molecule has 234 valence electrons. The summed E-state index contributed by atoms with van der Waals surface area (Å²) in [6.07, 6.45) is -1.01. The largest absolute Gasteiger partial charge is 0.495 e. The van der Waals surface area contributed by atoms with Crippen molar-refractivity contribution in [2.75, 3.05) is 36.0 Å². The molecule has 4 aromatic carbocycles. The molecule has 0 aromatic heterocycles. The number of rotatable bonds is 11. The lowest BCUT2D eigenvalue weighted by Gasteiger charge is -2.35. The number of para-hydroxylation sites is 2. The lowest BCUT2D eigenvalue weighted by atomic mass is 10.1. The Labute approximate surface area is 263 Å². The normalized spacial score (nSPS) is 14.1. The van der Waals surface area contributed by atoms with Gasteiger partial charge in [0, 0.05) is 6.54 Å². The maximum absolute atomic E-state index is 14.3. The standard InChI is InChI=1S/C34H35N3O7S/c1-4-43-27-17-15-26(16-18-27)37(45(40,41)32-20-24(2)14-19-30(32)42-3)23-33(38)36-22-31(44-29-13-9-8-12-28(29)36)34(39)35-21-25-10-6-5-7-11-25/h5-20,31H,4,21-23H2,1-3H3,(H,35,39)/t31-/m0/s1. The van der Waals surface area contributed by atoms with E-state index in [9.17, 15) is 18.0 Å². The summed E-state index contributed by atoms with van der Waals surface area (Å²) in [5.74, 6) is 0.107. The highest BCUT2D eigenvalue weighted by Gasteiger charge is 2.37. The van der Waals surface area contributed by atoms with Crippen molar-refractivity contribution in [3.05, 3.63) is 108 Å². The van der Waals surface area contributed by atoms with Crippen molar-refractivity contribution in [1.29, 1.82) is 0 Å². The molecule has 0 saturated heterocycles. The van der Waals surface area contributed by atoms with Crippen LogP contribution in [0.5, 0.6) is 17.2 Å². The summed E-state index contributed by atoms with van der Waals surface area (Å²) in [4.78, 5) is 28.7. The minimum Gasteiger partial charge on any atom is -0.495 e. The van der Waals surface area contributed by atoms with E-state index in [2.05, 4.69) is 5.32 Å². The van der Waals surface area contributed by atoms with Gasteiger partial charge in [0.15, 0.2) is 6.10 Å². The summed E-state index contributed by atoms with van der Waals surface area (Å²) < 4.78 is 46.6. The molecule has 5 rings (SSSR count). The van der Waals surface area contributed by atoms with Crippen LogP contribution in [0.25, 0.3) is 0 Å². The molecule has 2 amide bonds. The summed E-state index contributed by atoms with van der Waals surface area (Å²) in [6.45, 7) is 3.69. The fraction of sp³-hybridized carbons (Fsp3) is 0.235. The monoisotopic (exact) mass is 629 g/mol. The third kappa shape index (κ3) is 7.04. The number of carbonyl (C=O) groups excluding carboxylic acids is 2. The van der Waals surface area contributed by atoms with Gasteiger partial charge in [-0.2, -0.15) is 0 Å². The van der Waals surface area contributed by atoms with Crippen LogP contribution in [0.3, 0.4) is 0 Å². The van der Waals surface area contributed by atoms with Gasteiger partial charge in [0.05, 0.1) is 31.6 Å². The topological polar surface area (TPSA) is 114 Å².